The number of carbonyl (C=O) groups is 1. The fraction of sp³-hybridized carbons (Fsp3) is 0.333. The minimum atomic E-state index is -3.68. The second-order valence-electron chi connectivity index (χ2n) is 7.36. The molecule has 10 nitrogen and oxygen atoms in total. The van der Waals surface area contributed by atoms with Crippen LogP contribution in [0.5, 0.6) is 0 Å². The molecule has 0 aliphatic carbocycles. The van der Waals surface area contributed by atoms with Crippen molar-refractivity contribution < 1.29 is 22.4 Å². The van der Waals surface area contributed by atoms with Crippen molar-refractivity contribution in [1.82, 2.24) is 19.5 Å². The molecule has 4 rings (SSSR count). The van der Waals surface area contributed by atoms with Gasteiger partial charge in [-0.1, -0.05) is 17.8 Å². The number of amides is 1. The molecular formula is C21H23N5O5S2. The topological polar surface area (TPSA) is 128 Å². The molecule has 12 heteroatoms. The Morgan fingerprint density at radius 3 is 2.61 bits per heavy atom. The number of ether oxygens (including phenoxy) is 1. The van der Waals surface area contributed by atoms with Gasteiger partial charge in [-0.25, -0.2) is 8.42 Å². The molecule has 1 aliphatic rings. The summed E-state index contributed by atoms with van der Waals surface area (Å²) < 4.78 is 38.4. The van der Waals surface area contributed by atoms with Crippen LogP contribution in [-0.4, -0.2) is 65.4 Å². The highest BCUT2D eigenvalue weighted by Gasteiger charge is 2.28. The molecule has 0 bridgehead atoms. The van der Waals surface area contributed by atoms with E-state index in [1.807, 2.05) is 0 Å². The number of carbonyl (C=O) groups excluding carboxylic acids is 1. The highest BCUT2D eigenvalue weighted by Crippen LogP contribution is 2.28. The van der Waals surface area contributed by atoms with E-state index in [0.717, 1.165) is 17.3 Å². The first-order chi connectivity index (χ1) is 15.8. The lowest BCUT2D eigenvalue weighted by Crippen LogP contribution is -2.40. The van der Waals surface area contributed by atoms with Crippen molar-refractivity contribution in [3.8, 4) is 11.5 Å². The standard InChI is InChI=1S/C21H23N5O5S2/c1-14-3-4-17(13-18(14)33(28,29)26-9-11-30-12-10-26)23-19(27)15(2)32-21-25-24-20(31-21)16-5-7-22-8-6-16/h3-8,13,15H,9-12H2,1-2H3,(H,23,27). The summed E-state index contributed by atoms with van der Waals surface area (Å²) in [7, 11) is -3.68. The quantitative estimate of drug-likeness (QED) is 0.498. The van der Waals surface area contributed by atoms with Crippen LogP contribution in [0.2, 0.25) is 0 Å². The average Bonchev–Trinajstić information content (AvgIpc) is 3.30. The summed E-state index contributed by atoms with van der Waals surface area (Å²) in [6, 6.07) is 8.34. The molecule has 3 heterocycles. The number of thioether (sulfide) groups is 1. The number of benzene rings is 1. The SMILES string of the molecule is Cc1ccc(NC(=O)C(C)Sc2nnc(-c3ccncc3)o2)cc1S(=O)(=O)N1CCOCC1. The van der Waals surface area contributed by atoms with Gasteiger partial charge in [0, 0.05) is 36.7 Å². The van der Waals surface area contributed by atoms with Crippen LogP contribution >= 0.6 is 11.8 Å². The Bertz CT molecular complexity index is 1230. The highest BCUT2D eigenvalue weighted by molar-refractivity contribution is 8.00. The molecule has 1 unspecified atom stereocenters. The third kappa shape index (κ3) is 5.41. The van der Waals surface area contributed by atoms with Gasteiger partial charge in [-0.15, -0.1) is 10.2 Å². The van der Waals surface area contributed by atoms with Gasteiger partial charge < -0.3 is 14.5 Å². The molecular weight excluding hydrogens is 466 g/mol. The summed E-state index contributed by atoms with van der Waals surface area (Å²) in [6.45, 7) is 4.77. The monoisotopic (exact) mass is 489 g/mol. The van der Waals surface area contributed by atoms with Gasteiger partial charge in [0.1, 0.15) is 0 Å². The lowest BCUT2D eigenvalue weighted by Gasteiger charge is -2.27. The summed E-state index contributed by atoms with van der Waals surface area (Å²) in [6.07, 6.45) is 3.25. The number of aryl methyl sites for hydroxylation is 1. The maximum absolute atomic E-state index is 13.1. The molecule has 0 spiro atoms. The predicted molar refractivity (Wildman–Crippen MR) is 122 cm³/mol. The van der Waals surface area contributed by atoms with Gasteiger partial charge in [-0.05, 0) is 43.7 Å². The summed E-state index contributed by atoms with van der Waals surface area (Å²) in [5.41, 5.74) is 1.74. The number of anilines is 1. The predicted octanol–water partition coefficient (Wildman–Crippen LogP) is 2.58. The molecule has 1 aliphatic heterocycles. The Morgan fingerprint density at radius 2 is 1.88 bits per heavy atom. The zero-order chi connectivity index (χ0) is 23.4. The number of morpholine rings is 1. The fourth-order valence-corrected chi connectivity index (χ4v) is 5.54. The molecule has 0 radical (unpaired) electrons. The summed E-state index contributed by atoms with van der Waals surface area (Å²) in [5.74, 6) is 0.0197. The molecule has 1 N–H and O–H groups in total. The lowest BCUT2D eigenvalue weighted by molar-refractivity contribution is -0.115. The number of nitrogens with zero attached hydrogens (tertiary/aromatic N) is 4. The fourth-order valence-electron chi connectivity index (χ4n) is 3.20. The van der Waals surface area contributed by atoms with Crippen LogP contribution in [0, 0.1) is 6.92 Å². The van der Waals surface area contributed by atoms with Gasteiger partial charge in [0.05, 0.1) is 23.4 Å². The smallest absolute Gasteiger partial charge is 0.277 e. The van der Waals surface area contributed by atoms with Crippen LogP contribution < -0.4 is 5.32 Å². The van der Waals surface area contributed by atoms with Crippen molar-refractivity contribution in [2.75, 3.05) is 31.6 Å². The zero-order valence-corrected chi connectivity index (χ0v) is 19.7. The molecule has 0 saturated carbocycles. The van der Waals surface area contributed by atoms with Crippen LogP contribution in [-0.2, 0) is 19.6 Å². The van der Waals surface area contributed by atoms with Crippen molar-refractivity contribution in [3.05, 3.63) is 48.3 Å². The number of aromatic nitrogens is 3. The van der Waals surface area contributed by atoms with Crippen molar-refractivity contribution in [1.29, 1.82) is 0 Å². The van der Waals surface area contributed by atoms with Crippen molar-refractivity contribution in [2.45, 2.75) is 29.2 Å². The second kappa shape index (κ2) is 10.00. The largest absolute Gasteiger partial charge is 0.411 e. The zero-order valence-electron chi connectivity index (χ0n) is 18.1. The van der Waals surface area contributed by atoms with Crippen LogP contribution in [0.4, 0.5) is 5.69 Å². The Kier molecular flexibility index (Phi) is 7.08. The number of hydrogen-bond donors (Lipinski definition) is 1. The van der Waals surface area contributed by atoms with E-state index in [4.69, 9.17) is 9.15 Å². The van der Waals surface area contributed by atoms with E-state index in [1.165, 1.54) is 10.4 Å². The van der Waals surface area contributed by atoms with Gasteiger partial charge in [0.2, 0.25) is 21.8 Å². The molecule has 1 amide bonds. The number of pyridine rings is 1. The Morgan fingerprint density at radius 1 is 1.15 bits per heavy atom. The van der Waals surface area contributed by atoms with Gasteiger partial charge >= 0.3 is 0 Å². The first-order valence-corrected chi connectivity index (χ1v) is 12.6. The van der Waals surface area contributed by atoms with Crippen LogP contribution in [0.25, 0.3) is 11.5 Å². The van der Waals surface area contributed by atoms with Crippen LogP contribution in [0.15, 0.2) is 57.3 Å². The average molecular weight is 490 g/mol. The number of hydrogen-bond acceptors (Lipinski definition) is 9. The van der Waals surface area contributed by atoms with Gasteiger partial charge in [0.15, 0.2) is 0 Å². The van der Waals surface area contributed by atoms with Crippen molar-refractivity contribution in [2.24, 2.45) is 0 Å². The van der Waals surface area contributed by atoms with Crippen molar-refractivity contribution in [3.63, 3.8) is 0 Å². The molecule has 2 aromatic heterocycles. The van der Waals surface area contributed by atoms with Crippen LogP contribution in [0.3, 0.4) is 0 Å². The van der Waals surface area contributed by atoms with E-state index in [2.05, 4.69) is 20.5 Å². The maximum atomic E-state index is 13.1. The molecule has 1 atom stereocenters. The summed E-state index contributed by atoms with van der Waals surface area (Å²) >= 11 is 1.11. The number of rotatable bonds is 7. The minimum Gasteiger partial charge on any atom is -0.411 e. The normalized spacial score (nSPS) is 15.8. The highest BCUT2D eigenvalue weighted by atomic mass is 32.2. The summed E-state index contributed by atoms with van der Waals surface area (Å²) in [4.78, 5) is 16.9. The first-order valence-electron chi connectivity index (χ1n) is 10.2. The van der Waals surface area contributed by atoms with Crippen molar-refractivity contribution >= 4 is 33.4 Å². The number of sulfonamides is 1. The molecule has 3 aromatic rings. The van der Waals surface area contributed by atoms with E-state index in [-0.39, 0.29) is 16.0 Å². The van der Waals surface area contributed by atoms with E-state index < -0.39 is 15.3 Å². The third-order valence-electron chi connectivity index (χ3n) is 5.02. The van der Waals surface area contributed by atoms with Crippen LogP contribution in [0.1, 0.15) is 12.5 Å². The molecule has 1 saturated heterocycles. The molecule has 1 aromatic carbocycles. The van der Waals surface area contributed by atoms with Gasteiger partial charge in [-0.2, -0.15) is 4.31 Å². The van der Waals surface area contributed by atoms with E-state index >= 15 is 0 Å². The van der Waals surface area contributed by atoms with Gasteiger partial charge in [0.25, 0.3) is 5.22 Å². The number of nitrogens with one attached hydrogen (secondary N) is 1. The lowest BCUT2D eigenvalue weighted by atomic mass is 10.2. The third-order valence-corrected chi connectivity index (χ3v) is 8.00. The second-order valence-corrected chi connectivity index (χ2v) is 10.6. The summed E-state index contributed by atoms with van der Waals surface area (Å²) in [5, 5.41) is 10.5. The molecule has 174 valence electrons. The Balaban J connectivity index is 1.44. The molecule has 33 heavy (non-hydrogen) atoms. The molecule has 1 fully saturated rings. The minimum absolute atomic E-state index is 0.168. The van der Waals surface area contributed by atoms with E-state index in [9.17, 15) is 13.2 Å². The van der Waals surface area contributed by atoms with E-state index in [0.29, 0.717) is 43.4 Å². The maximum Gasteiger partial charge on any atom is 0.277 e. The Labute approximate surface area is 195 Å². The van der Waals surface area contributed by atoms with Gasteiger partial charge in [-0.3, -0.25) is 9.78 Å². The first kappa shape index (κ1) is 23.4. The van der Waals surface area contributed by atoms with E-state index in [1.54, 1.807) is 50.5 Å². The Hall–Kier alpha value is -2.80.